The summed E-state index contributed by atoms with van der Waals surface area (Å²) >= 11 is 0. The molecule has 184 valence electrons. The fraction of sp³-hybridized carbons (Fsp3) is 0.875. The van der Waals surface area contributed by atoms with Gasteiger partial charge in [0.25, 0.3) is 0 Å². The summed E-state index contributed by atoms with van der Waals surface area (Å²) in [7, 11) is -5.14. The van der Waals surface area contributed by atoms with Crippen molar-refractivity contribution < 1.29 is 51.2 Å². The maximum absolute atomic E-state index is 13.2. The second-order valence-electron chi connectivity index (χ2n) is 7.64. The Morgan fingerprint density at radius 2 is 1.48 bits per heavy atom. The van der Waals surface area contributed by atoms with Gasteiger partial charge in [0.1, 0.15) is 27.9 Å². The first-order chi connectivity index (χ1) is 15.6. The summed E-state index contributed by atoms with van der Waals surface area (Å²) in [6.07, 6.45) is -2.80. The molecule has 33 heavy (non-hydrogen) atoms. The zero-order valence-corrected chi connectivity index (χ0v) is 20.3. The van der Waals surface area contributed by atoms with Gasteiger partial charge >= 0.3 is 15.6 Å². The van der Waals surface area contributed by atoms with Crippen molar-refractivity contribution in [3.8, 4) is 12.1 Å². The molecule has 0 bridgehead atoms. The van der Waals surface area contributed by atoms with Crippen molar-refractivity contribution in [2.75, 3.05) is 26.4 Å². The van der Waals surface area contributed by atoms with Crippen molar-refractivity contribution in [1.82, 2.24) is 0 Å². The van der Waals surface area contributed by atoms with Gasteiger partial charge in [-0.1, -0.05) is 0 Å². The summed E-state index contributed by atoms with van der Waals surface area (Å²) in [5, 5.41) is 27.2. The van der Waals surface area contributed by atoms with Crippen LogP contribution >= 0.6 is 15.6 Å². The van der Waals surface area contributed by atoms with Crippen LogP contribution in [0.3, 0.4) is 0 Å². The quantitative estimate of drug-likeness (QED) is 0.171. The molecule has 0 radical (unpaired) electrons. The van der Waals surface area contributed by atoms with E-state index >= 15 is 0 Å². The average Bonchev–Trinajstić information content (AvgIpc) is 3.25. The molecule has 4 unspecified atom stereocenters. The monoisotopic (exact) mass is 508 g/mol. The van der Waals surface area contributed by atoms with Gasteiger partial charge in [0.15, 0.2) is 0 Å². The van der Waals surface area contributed by atoms with Gasteiger partial charge in [-0.25, -0.2) is 9.13 Å². The van der Waals surface area contributed by atoms with Crippen LogP contribution in [0.4, 0.5) is 0 Å². The number of hydrogen-bond acceptors (Lipinski definition) is 12. The van der Waals surface area contributed by atoms with Crippen LogP contribution in [0.15, 0.2) is 0 Å². The van der Waals surface area contributed by atoms with Crippen molar-refractivity contribution in [1.29, 1.82) is 10.5 Å². The lowest BCUT2D eigenvalue weighted by atomic mass is 9.96. The largest absolute Gasteiger partial charge is 0.475 e. The molecular weight excluding hydrogens is 480 g/mol. The van der Waals surface area contributed by atoms with E-state index in [9.17, 15) is 19.1 Å². The van der Waals surface area contributed by atoms with Crippen molar-refractivity contribution in [2.24, 2.45) is 0 Å². The third kappa shape index (κ3) is 9.77. The number of nitrogens with zero attached hydrogens (tertiary/aromatic N) is 2. The lowest BCUT2D eigenvalue weighted by Gasteiger charge is -2.26. The van der Waals surface area contributed by atoms with Gasteiger partial charge in [-0.15, -0.1) is 0 Å². The molecule has 2 rings (SSSR count). The molecular formula is C16H28B2N2O11P2. The topological polar surface area (TPSA) is 187 Å². The van der Waals surface area contributed by atoms with E-state index in [0.29, 0.717) is 6.42 Å². The van der Waals surface area contributed by atoms with Crippen LogP contribution in [0.25, 0.3) is 0 Å². The van der Waals surface area contributed by atoms with Crippen LogP contribution in [-0.4, -0.2) is 88.5 Å². The Kier molecular flexibility index (Phi) is 11.5. The molecule has 2 N–H and O–H groups in total. The number of phosphoric ester groups is 2. The molecule has 2 aliphatic rings. The number of aliphatic hydroxyl groups is 1. The standard InChI is InChI=1S/C16H28B2N2O11P2/c17-15-7-11(21)13(29-15)9-28-33(24,26-6-2-4-20)31-12-8-16(18)30-14(12)10-27-32(22,23)25-5-1-3-19/h11-16,21H,1-2,5-10,17-18H2,(H,22,23)/t11?,12?,13-,14-,15-,16-,33?/m1/s1. The highest BCUT2D eigenvalue weighted by Crippen LogP contribution is 2.53. The minimum atomic E-state index is -4.43. The average molecular weight is 508 g/mol. The first-order valence-corrected chi connectivity index (χ1v) is 13.5. The normalized spacial score (nSPS) is 33.1. The molecule has 0 aliphatic carbocycles. The summed E-state index contributed by atoms with van der Waals surface area (Å²) in [5.74, 6) is 0. The predicted molar refractivity (Wildman–Crippen MR) is 116 cm³/mol. The van der Waals surface area contributed by atoms with E-state index in [0.717, 1.165) is 0 Å². The lowest BCUT2D eigenvalue weighted by Crippen LogP contribution is -2.30. The number of hydrogen-bond donors (Lipinski definition) is 2. The fourth-order valence-corrected chi connectivity index (χ4v) is 5.43. The highest BCUT2D eigenvalue weighted by Gasteiger charge is 2.43. The second kappa shape index (κ2) is 13.3. The van der Waals surface area contributed by atoms with Crippen LogP contribution < -0.4 is 0 Å². The molecule has 2 aliphatic heterocycles. The first-order valence-electron chi connectivity index (χ1n) is 10.5. The van der Waals surface area contributed by atoms with Crippen molar-refractivity contribution in [2.45, 2.75) is 62.1 Å². The SMILES string of the molecule is B[C@H]1CC(O)[C@@H](COP(=O)(OCCC#N)OC2C[C@H](B)O[C@@H]2COP(=O)(O)OCCC#N)O1. The van der Waals surface area contributed by atoms with E-state index in [2.05, 4.69) is 4.52 Å². The molecule has 17 heteroatoms. The molecule has 0 aromatic heterocycles. The summed E-state index contributed by atoms with van der Waals surface area (Å²) in [6, 6.07) is 3.09. The number of phosphoric acid groups is 2. The molecule has 0 amide bonds. The van der Waals surface area contributed by atoms with Gasteiger partial charge in [0.2, 0.25) is 0 Å². The third-order valence-electron chi connectivity index (χ3n) is 4.79. The van der Waals surface area contributed by atoms with E-state index in [-0.39, 0.29) is 51.1 Å². The number of nitriles is 2. The minimum absolute atomic E-state index is 0.0614. The van der Waals surface area contributed by atoms with Crippen molar-refractivity contribution >= 4 is 31.3 Å². The Bertz CT molecular complexity index is 810. The molecule has 0 aromatic carbocycles. The maximum atomic E-state index is 13.2. The molecule has 8 atom stereocenters. The van der Waals surface area contributed by atoms with Gasteiger partial charge in [-0.05, 0) is 12.8 Å². The Hall–Kier alpha value is -0.790. The number of aliphatic hydroxyl groups excluding tert-OH is 1. The van der Waals surface area contributed by atoms with Gasteiger partial charge in [-0.3, -0.25) is 22.6 Å². The molecule has 2 heterocycles. The summed E-state index contributed by atoms with van der Waals surface area (Å²) in [5.41, 5.74) is 0. The second-order valence-corrected chi connectivity index (χ2v) is 10.7. The molecule has 0 spiro atoms. The molecule has 2 saturated heterocycles. The van der Waals surface area contributed by atoms with Crippen LogP contribution in [0, 0.1) is 22.7 Å². The fourth-order valence-electron chi connectivity index (χ4n) is 3.31. The molecule has 13 nitrogen and oxygen atoms in total. The highest BCUT2D eigenvalue weighted by atomic mass is 31.2. The Morgan fingerprint density at radius 3 is 2.09 bits per heavy atom. The van der Waals surface area contributed by atoms with E-state index < -0.39 is 46.7 Å². The maximum Gasteiger partial charge on any atom is 0.475 e. The van der Waals surface area contributed by atoms with Crippen LogP contribution in [0.1, 0.15) is 25.7 Å². The Balaban J connectivity index is 1.99. The first kappa shape index (κ1) is 28.4. The molecule has 0 saturated carbocycles. The van der Waals surface area contributed by atoms with Crippen LogP contribution in [-0.2, 0) is 41.2 Å². The molecule has 0 aromatic rings. The van der Waals surface area contributed by atoms with Gasteiger partial charge in [-0.2, -0.15) is 10.5 Å². The van der Waals surface area contributed by atoms with Crippen LogP contribution in [0.5, 0.6) is 0 Å². The van der Waals surface area contributed by atoms with Crippen molar-refractivity contribution in [3.05, 3.63) is 0 Å². The zero-order valence-electron chi connectivity index (χ0n) is 18.5. The zero-order chi connectivity index (χ0) is 24.5. The number of rotatable bonds is 14. The summed E-state index contributed by atoms with van der Waals surface area (Å²) in [4.78, 5) is 9.71. The van der Waals surface area contributed by atoms with E-state index in [1.165, 1.54) is 0 Å². The van der Waals surface area contributed by atoms with Crippen molar-refractivity contribution in [3.63, 3.8) is 0 Å². The Morgan fingerprint density at radius 1 is 0.909 bits per heavy atom. The van der Waals surface area contributed by atoms with Gasteiger partial charge in [0.05, 0.1) is 63.6 Å². The minimum Gasteiger partial charge on any atom is -0.390 e. The lowest BCUT2D eigenvalue weighted by molar-refractivity contribution is -0.0302. The van der Waals surface area contributed by atoms with E-state index in [1.54, 1.807) is 21.8 Å². The summed E-state index contributed by atoms with van der Waals surface area (Å²) in [6.45, 7) is -1.19. The van der Waals surface area contributed by atoms with Gasteiger partial charge in [0, 0.05) is 12.0 Å². The third-order valence-corrected chi connectivity index (χ3v) is 7.27. The predicted octanol–water partition coefficient (Wildman–Crippen LogP) is -0.669. The van der Waals surface area contributed by atoms with E-state index in [4.69, 9.17) is 38.1 Å². The number of ether oxygens (including phenoxy) is 2. The molecule has 2 fully saturated rings. The van der Waals surface area contributed by atoms with Gasteiger partial charge < -0.3 is 19.5 Å². The van der Waals surface area contributed by atoms with Crippen LogP contribution in [0.2, 0.25) is 0 Å². The van der Waals surface area contributed by atoms with E-state index in [1.807, 2.05) is 6.07 Å². The smallest absolute Gasteiger partial charge is 0.390 e. The summed E-state index contributed by atoms with van der Waals surface area (Å²) < 4.78 is 62.2. The highest BCUT2D eigenvalue weighted by molar-refractivity contribution is 7.48. The Labute approximate surface area is 194 Å².